The minimum Gasteiger partial charge on any atom is -0.486 e. The van der Waals surface area contributed by atoms with Crippen LogP contribution in [0.2, 0.25) is 0 Å². The van der Waals surface area contributed by atoms with Gasteiger partial charge in [0.05, 0.1) is 5.56 Å². The lowest BCUT2D eigenvalue weighted by atomic mass is 10.1. The zero-order valence-electron chi connectivity index (χ0n) is 16.1. The van der Waals surface area contributed by atoms with Crippen LogP contribution in [0.3, 0.4) is 0 Å². The lowest BCUT2D eigenvalue weighted by Gasteiger charge is -2.18. The van der Waals surface area contributed by atoms with Crippen molar-refractivity contribution in [2.45, 2.75) is 6.42 Å². The van der Waals surface area contributed by atoms with E-state index >= 15 is 0 Å². The van der Waals surface area contributed by atoms with Gasteiger partial charge in [-0.3, -0.25) is 9.59 Å². The third-order valence-corrected chi connectivity index (χ3v) is 4.65. The molecule has 0 saturated heterocycles. The Morgan fingerprint density at radius 3 is 2.70 bits per heavy atom. The first-order valence-electron chi connectivity index (χ1n) is 9.54. The summed E-state index contributed by atoms with van der Waals surface area (Å²) >= 11 is 0. The Bertz CT molecular complexity index is 1150. The summed E-state index contributed by atoms with van der Waals surface area (Å²) in [4.78, 5) is 38.8. The number of hydrogen-bond donors (Lipinski definition) is 2. The molecule has 1 aromatic heterocycles. The number of rotatable bonds is 6. The number of ether oxygens (including phenoxy) is 3. The number of esters is 1. The minimum atomic E-state index is -0.723. The van der Waals surface area contributed by atoms with Crippen molar-refractivity contribution in [2.75, 3.05) is 26.4 Å². The number of carbonyl (C=O) groups excluding carboxylic acids is 2. The standard InChI is InChI=1S/C22H20N2O6/c25-20-12-16(15-3-1-2-4-17(15)24-20)22(27)30-13-21(26)23-8-7-14-5-6-18-19(11-14)29-10-9-28-18/h1-6,11-12H,7-10,13H2,(H,23,26)(H,24,25). The van der Waals surface area contributed by atoms with E-state index in [0.29, 0.717) is 48.6 Å². The van der Waals surface area contributed by atoms with Crippen molar-refractivity contribution >= 4 is 22.8 Å². The number of fused-ring (bicyclic) bond motifs is 2. The van der Waals surface area contributed by atoms with Gasteiger partial charge in [-0.15, -0.1) is 0 Å². The fraction of sp³-hybridized carbons (Fsp3) is 0.227. The third-order valence-electron chi connectivity index (χ3n) is 4.65. The van der Waals surface area contributed by atoms with Crippen molar-refractivity contribution in [3.05, 3.63) is 70.0 Å². The molecule has 2 N–H and O–H groups in total. The number of carbonyl (C=O) groups is 2. The molecule has 0 bridgehead atoms. The van der Waals surface area contributed by atoms with Crippen LogP contribution in [0.25, 0.3) is 10.9 Å². The Labute approximate surface area is 171 Å². The number of hydrogen-bond acceptors (Lipinski definition) is 6. The molecular formula is C22H20N2O6. The molecule has 1 aliphatic rings. The van der Waals surface area contributed by atoms with E-state index in [1.165, 1.54) is 6.07 Å². The first-order chi connectivity index (χ1) is 14.6. The molecule has 8 heteroatoms. The largest absolute Gasteiger partial charge is 0.486 e. The van der Waals surface area contributed by atoms with Crippen LogP contribution in [0.5, 0.6) is 11.5 Å². The van der Waals surface area contributed by atoms with Gasteiger partial charge in [0.15, 0.2) is 18.1 Å². The van der Waals surface area contributed by atoms with Crippen LogP contribution >= 0.6 is 0 Å². The maximum atomic E-state index is 12.4. The smallest absolute Gasteiger partial charge is 0.339 e. The number of aromatic nitrogens is 1. The number of nitrogens with one attached hydrogen (secondary N) is 2. The van der Waals surface area contributed by atoms with Crippen molar-refractivity contribution in [2.24, 2.45) is 0 Å². The van der Waals surface area contributed by atoms with Crippen molar-refractivity contribution in [3.63, 3.8) is 0 Å². The topological polar surface area (TPSA) is 107 Å². The SMILES string of the molecule is O=C(COC(=O)c1cc(=O)[nH]c2ccccc12)NCCc1ccc2c(c1)OCCO2. The van der Waals surface area contributed by atoms with Crippen LogP contribution in [0, 0.1) is 0 Å². The molecule has 1 amide bonds. The highest BCUT2D eigenvalue weighted by Crippen LogP contribution is 2.30. The van der Waals surface area contributed by atoms with Gasteiger partial charge in [0.1, 0.15) is 13.2 Å². The molecule has 0 atom stereocenters. The van der Waals surface area contributed by atoms with Crippen LogP contribution in [-0.2, 0) is 16.0 Å². The number of H-pyrrole nitrogens is 1. The Balaban J connectivity index is 1.29. The van der Waals surface area contributed by atoms with E-state index in [2.05, 4.69) is 10.3 Å². The predicted octanol–water partition coefficient (Wildman–Crippen LogP) is 1.81. The molecular weight excluding hydrogens is 388 g/mol. The Hall–Kier alpha value is -3.81. The third kappa shape index (κ3) is 4.43. The minimum absolute atomic E-state index is 0.124. The molecule has 0 spiro atoms. The van der Waals surface area contributed by atoms with Crippen LogP contribution in [0.4, 0.5) is 0 Å². The van der Waals surface area contributed by atoms with Crippen molar-refractivity contribution in [1.29, 1.82) is 0 Å². The lowest BCUT2D eigenvalue weighted by Crippen LogP contribution is -2.30. The van der Waals surface area contributed by atoms with Gasteiger partial charge < -0.3 is 24.5 Å². The molecule has 3 aromatic rings. The van der Waals surface area contributed by atoms with Gasteiger partial charge in [0.25, 0.3) is 5.91 Å². The van der Waals surface area contributed by atoms with Crippen LogP contribution in [-0.4, -0.2) is 43.2 Å². The van der Waals surface area contributed by atoms with E-state index in [1.54, 1.807) is 24.3 Å². The molecule has 0 unspecified atom stereocenters. The Morgan fingerprint density at radius 2 is 1.83 bits per heavy atom. The first-order valence-corrected chi connectivity index (χ1v) is 9.54. The highest BCUT2D eigenvalue weighted by molar-refractivity contribution is 6.03. The molecule has 0 saturated carbocycles. The molecule has 2 aromatic carbocycles. The molecule has 1 aliphatic heterocycles. The maximum absolute atomic E-state index is 12.4. The molecule has 2 heterocycles. The van der Waals surface area contributed by atoms with E-state index in [1.807, 2.05) is 18.2 Å². The van der Waals surface area contributed by atoms with Crippen LogP contribution < -0.4 is 20.3 Å². The highest BCUT2D eigenvalue weighted by atomic mass is 16.6. The first kappa shape index (κ1) is 19.5. The number of pyridine rings is 1. The quantitative estimate of drug-likeness (QED) is 0.603. The molecule has 30 heavy (non-hydrogen) atoms. The molecule has 0 radical (unpaired) electrons. The second kappa shape index (κ2) is 8.69. The number of para-hydroxylation sites is 1. The van der Waals surface area contributed by atoms with Crippen LogP contribution in [0.15, 0.2) is 53.3 Å². The second-order valence-corrected chi connectivity index (χ2v) is 6.75. The van der Waals surface area contributed by atoms with Crippen molar-refractivity contribution < 1.29 is 23.8 Å². The van der Waals surface area contributed by atoms with Gasteiger partial charge in [0, 0.05) is 23.5 Å². The van der Waals surface area contributed by atoms with Crippen molar-refractivity contribution in [1.82, 2.24) is 10.3 Å². The van der Waals surface area contributed by atoms with E-state index in [-0.39, 0.29) is 5.56 Å². The van der Waals surface area contributed by atoms with Gasteiger partial charge in [-0.05, 0) is 30.2 Å². The van der Waals surface area contributed by atoms with E-state index in [0.717, 1.165) is 5.56 Å². The Morgan fingerprint density at radius 1 is 1.03 bits per heavy atom. The van der Waals surface area contributed by atoms with Crippen molar-refractivity contribution in [3.8, 4) is 11.5 Å². The fourth-order valence-electron chi connectivity index (χ4n) is 3.22. The number of aromatic amines is 1. The summed E-state index contributed by atoms with van der Waals surface area (Å²) in [7, 11) is 0. The average Bonchev–Trinajstić information content (AvgIpc) is 2.76. The highest BCUT2D eigenvalue weighted by Gasteiger charge is 2.15. The van der Waals surface area contributed by atoms with Gasteiger partial charge >= 0.3 is 5.97 Å². The summed E-state index contributed by atoms with van der Waals surface area (Å²) in [6.07, 6.45) is 0.592. The second-order valence-electron chi connectivity index (χ2n) is 6.75. The number of benzene rings is 2. The van der Waals surface area contributed by atoms with E-state index in [9.17, 15) is 14.4 Å². The summed E-state index contributed by atoms with van der Waals surface area (Å²) in [5, 5.41) is 3.27. The van der Waals surface area contributed by atoms with Gasteiger partial charge in [0.2, 0.25) is 5.56 Å². The lowest BCUT2D eigenvalue weighted by molar-refractivity contribution is -0.124. The van der Waals surface area contributed by atoms with Gasteiger partial charge in [-0.1, -0.05) is 24.3 Å². The summed E-state index contributed by atoms with van der Waals surface area (Å²) in [5.41, 5.74) is 1.23. The molecule has 154 valence electrons. The van der Waals surface area contributed by atoms with Gasteiger partial charge in [-0.25, -0.2) is 4.79 Å². The van der Waals surface area contributed by atoms with E-state index in [4.69, 9.17) is 14.2 Å². The zero-order valence-corrected chi connectivity index (χ0v) is 16.1. The Kier molecular flexibility index (Phi) is 5.65. The fourth-order valence-corrected chi connectivity index (χ4v) is 3.22. The molecule has 0 aliphatic carbocycles. The predicted molar refractivity (Wildman–Crippen MR) is 109 cm³/mol. The van der Waals surface area contributed by atoms with E-state index < -0.39 is 24.0 Å². The average molecular weight is 408 g/mol. The molecule has 8 nitrogen and oxygen atoms in total. The maximum Gasteiger partial charge on any atom is 0.339 e. The van der Waals surface area contributed by atoms with Gasteiger partial charge in [-0.2, -0.15) is 0 Å². The monoisotopic (exact) mass is 408 g/mol. The summed E-state index contributed by atoms with van der Waals surface area (Å²) in [6.45, 7) is 1.00. The summed E-state index contributed by atoms with van der Waals surface area (Å²) in [5.74, 6) is 0.270. The molecule has 4 rings (SSSR count). The normalized spacial score (nSPS) is 12.4. The molecule has 0 fully saturated rings. The zero-order chi connectivity index (χ0) is 20.9. The van der Waals surface area contributed by atoms with Crippen LogP contribution in [0.1, 0.15) is 15.9 Å². The summed E-state index contributed by atoms with van der Waals surface area (Å²) < 4.78 is 16.1. The number of amides is 1. The summed E-state index contributed by atoms with van der Waals surface area (Å²) in [6, 6.07) is 13.7.